The molecule has 4 aromatic rings. The van der Waals surface area contributed by atoms with Crippen molar-refractivity contribution in [2.24, 2.45) is 0 Å². The number of hydrogen-bond acceptors (Lipinski definition) is 4. The summed E-state index contributed by atoms with van der Waals surface area (Å²) in [5.74, 6) is 0. The minimum atomic E-state index is -1.78. The quantitative estimate of drug-likeness (QED) is 0.250. The molecule has 0 spiro atoms. The standard InChI is InChI=1S/C35H48NO3P/c1-22(29-16-14-15-17-36-29)37-40-38-30-25(18-23(32(2,3)4)20-27(30)34(8,9)10)26-19-24(33(5,6)7)21-28(31(26)39-40)35(11,12)13/h14-22H,1-13H3/t22-/m0/s1. The number of benzene rings is 2. The second-order valence-electron chi connectivity index (χ2n) is 15.2. The van der Waals surface area contributed by atoms with Crippen molar-refractivity contribution < 1.29 is 12.9 Å². The van der Waals surface area contributed by atoms with Gasteiger partial charge in [0, 0.05) is 28.1 Å². The minimum Gasteiger partial charge on any atom is -0.399 e. The largest absolute Gasteiger partial charge is 0.399 e. The molecule has 216 valence electrons. The van der Waals surface area contributed by atoms with Crippen molar-refractivity contribution in [1.29, 1.82) is 0 Å². The minimum absolute atomic E-state index is 0.0361. The van der Waals surface area contributed by atoms with Crippen LogP contribution in [0.4, 0.5) is 0 Å². The van der Waals surface area contributed by atoms with E-state index in [0.29, 0.717) is 0 Å². The van der Waals surface area contributed by atoms with E-state index in [0.717, 1.165) is 38.8 Å². The number of hydrogen-bond donors (Lipinski definition) is 0. The normalized spacial score (nSPS) is 14.1. The molecular weight excluding hydrogens is 513 g/mol. The maximum atomic E-state index is 6.84. The summed E-state index contributed by atoms with van der Waals surface area (Å²) in [6.07, 6.45) is 1.50. The first-order valence-electron chi connectivity index (χ1n) is 14.4. The molecule has 2 aromatic heterocycles. The lowest BCUT2D eigenvalue weighted by molar-refractivity contribution is 0.279. The van der Waals surface area contributed by atoms with E-state index in [1.54, 1.807) is 6.20 Å². The second kappa shape index (κ2) is 10.4. The van der Waals surface area contributed by atoms with E-state index in [-0.39, 0.29) is 27.8 Å². The predicted octanol–water partition coefficient (Wildman–Crippen LogP) is 11.1. The molecule has 0 bridgehead atoms. The van der Waals surface area contributed by atoms with Crippen LogP contribution in [0.15, 0.2) is 57.1 Å². The highest BCUT2D eigenvalue weighted by molar-refractivity contribution is 7.31. The van der Waals surface area contributed by atoms with Gasteiger partial charge in [0.2, 0.25) is 0 Å². The third-order valence-corrected chi connectivity index (χ3v) is 8.65. The molecule has 0 aliphatic rings. The highest BCUT2D eigenvalue weighted by Crippen LogP contribution is 2.45. The maximum Gasteiger partial charge on any atom is 0.388 e. The molecule has 1 atom stereocenters. The number of nitrogens with zero attached hydrogens (tertiary/aromatic N) is 1. The molecule has 0 N–H and O–H groups in total. The average molecular weight is 562 g/mol. The van der Waals surface area contributed by atoms with Gasteiger partial charge in [-0.3, -0.25) is 9.51 Å². The van der Waals surface area contributed by atoms with Crippen LogP contribution in [0.25, 0.3) is 21.9 Å². The number of aromatic nitrogens is 1. The zero-order chi connectivity index (χ0) is 29.8. The maximum absolute atomic E-state index is 6.84. The van der Waals surface area contributed by atoms with Crippen LogP contribution in [0.1, 0.15) is 124 Å². The monoisotopic (exact) mass is 561 g/mol. The van der Waals surface area contributed by atoms with E-state index < -0.39 is 8.24 Å². The molecule has 0 amide bonds. The molecule has 0 fully saturated rings. The van der Waals surface area contributed by atoms with Crippen molar-refractivity contribution in [1.82, 2.24) is 4.98 Å². The van der Waals surface area contributed by atoms with Gasteiger partial charge in [0.15, 0.2) is 0 Å². The number of fused-ring (bicyclic) bond motifs is 3. The van der Waals surface area contributed by atoms with Crippen LogP contribution < -0.4 is 4.52 Å². The smallest absolute Gasteiger partial charge is 0.388 e. The Bertz CT molecular complexity index is 1460. The van der Waals surface area contributed by atoms with Crippen LogP contribution in [-0.4, -0.2) is 4.98 Å². The molecular formula is C35H48NO3P. The van der Waals surface area contributed by atoms with Gasteiger partial charge in [-0.1, -0.05) is 101 Å². The molecule has 0 unspecified atom stereocenters. The van der Waals surface area contributed by atoms with E-state index in [2.05, 4.69) is 112 Å². The van der Waals surface area contributed by atoms with Crippen LogP contribution in [0.3, 0.4) is 0 Å². The Morgan fingerprint density at radius 1 is 0.650 bits per heavy atom. The van der Waals surface area contributed by atoms with Crippen molar-refractivity contribution in [3.8, 4) is 0 Å². The van der Waals surface area contributed by atoms with Gasteiger partial charge >= 0.3 is 8.24 Å². The highest BCUT2D eigenvalue weighted by Gasteiger charge is 2.29. The Balaban J connectivity index is 2.24. The summed E-state index contributed by atoms with van der Waals surface area (Å²) in [5, 5.41) is 2.14. The van der Waals surface area contributed by atoms with E-state index in [9.17, 15) is 0 Å². The van der Waals surface area contributed by atoms with Gasteiger partial charge in [0.25, 0.3) is 0 Å². The first-order valence-corrected chi connectivity index (χ1v) is 15.5. The molecule has 0 saturated heterocycles. The summed E-state index contributed by atoms with van der Waals surface area (Å²) in [4.78, 5) is 4.52. The molecule has 0 aliphatic carbocycles. The topological polar surface area (TPSA) is 48.4 Å². The SMILES string of the molecule is C[C@H](Op1oc2c(C(C)(C)C)cc(C(C)(C)C)cc2c2cc(C(C)(C)C)cc(C(C)(C)C)c2o1)c1ccccn1. The fourth-order valence-electron chi connectivity index (χ4n) is 4.85. The van der Waals surface area contributed by atoms with Gasteiger partial charge in [-0.15, -0.1) is 0 Å². The molecule has 0 aliphatic heterocycles. The fourth-order valence-corrected chi connectivity index (χ4v) is 6.03. The lowest BCUT2D eigenvalue weighted by Crippen LogP contribution is -2.17. The average Bonchev–Trinajstić information content (AvgIpc) is 2.97. The van der Waals surface area contributed by atoms with Gasteiger partial charge in [-0.05, 0) is 64.0 Å². The van der Waals surface area contributed by atoms with Crippen molar-refractivity contribution in [3.05, 3.63) is 76.6 Å². The van der Waals surface area contributed by atoms with Crippen molar-refractivity contribution in [3.63, 3.8) is 0 Å². The zero-order valence-electron chi connectivity index (χ0n) is 26.8. The summed E-state index contributed by atoms with van der Waals surface area (Å²) >= 11 is 0. The summed E-state index contributed by atoms with van der Waals surface area (Å²) in [6, 6.07) is 15.1. The molecule has 2 heterocycles. The van der Waals surface area contributed by atoms with Crippen molar-refractivity contribution in [2.75, 3.05) is 0 Å². The molecule has 2 aromatic carbocycles. The first kappa shape index (κ1) is 30.4. The van der Waals surface area contributed by atoms with Crippen LogP contribution in [0.5, 0.6) is 0 Å². The second-order valence-corrected chi connectivity index (χ2v) is 16.2. The van der Waals surface area contributed by atoms with Crippen LogP contribution in [0.2, 0.25) is 0 Å². The highest BCUT2D eigenvalue weighted by atomic mass is 31.1. The van der Waals surface area contributed by atoms with E-state index >= 15 is 0 Å². The Labute approximate surface area is 242 Å². The van der Waals surface area contributed by atoms with Crippen molar-refractivity contribution >= 4 is 30.2 Å². The van der Waals surface area contributed by atoms with Crippen LogP contribution in [0, 0.1) is 0 Å². The summed E-state index contributed by atoms with van der Waals surface area (Å²) in [5.41, 5.74) is 7.04. The van der Waals surface area contributed by atoms with Crippen LogP contribution >= 0.6 is 8.24 Å². The predicted molar refractivity (Wildman–Crippen MR) is 170 cm³/mol. The lowest BCUT2D eigenvalue weighted by atomic mass is 9.77. The Morgan fingerprint density at radius 3 is 1.45 bits per heavy atom. The van der Waals surface area contributed by atoms with Gasteiger partial charge in [0.05, 0.1) is 5.69 Å². The van der Waals surface area contributed by atoms with Gasteiger partial charge in [-0.25, -0.2) is 0 Å². The third kappa shape index (κ3) is 6.34. The first-order chi connectivity index (χ1) is 18.3. The summed E-state index contributed by atoms with van der Waals surface area (Å²) < 4.78 is 20.2. The summed E-state index contributed by atoms with van der Waals surface area (Å²) in [6.45, 7) is 29.1. The molecule has 0 saturated carbocycles. The van der Waals surface area contributed by atoms with E-state index in [1.807, 2.05) is 25.1 Å². The van der Waals surface area contributed by atoms with E-state index in [1.165, 1.54) is 11.1 Å². The number of pyridine rings is 1. The third-order valence-electron chi connectivity index (χ3n) is 7.50. The molecule has 4 rings (SSSR count). The van der Waals surface area contributed by atoms with Crippen molar-refractivity contribution in [2.45, 2.75) is 118 Å². The van der Waals surface area contributed by atoms with E-state index in [4.69, 9.17) is 12.9 Å². The number of rotatable bonds is 3. The van der Waals surface area contributed by atoms with Gasteiger partial charge in [-0.2, -0.15) is 0 Å². The Morgan fingerprint density at radius 2 is 1.10 bits per heavy atom. The van der Waals surface area contributed by atoms with Gasteiger partial charge in [0.1, 0.15) is 17.3 Å². The molecule has 4 nitrogen and oxygen atoms in total. The zero-order valence-corrected chi connectivity index (χ0v) is 27.7. The summed E-state index contributed by atoms with van der Waals surface area (Å²) in [7, 11) is -1.78. The van der Waals surface area contributed by atoms with Crippen LogP contribution in [-0.2, 0) is 21.7 Å². The lowest BCUT2D eigenvalue weighted by Gasteiger charge is -2.27. The fraction of sp³-hybridized carbons (Fsp3) is 0.514. The molecule has 40 heavy (non-hydrogen) atoms. The Kier molecular flexibility index (Phi) is 7.89. The molecule has 5 heteroatoms. The Hall–Kier alpha value is -2.55. The molecule has 0 radical (unpaired) electrons. The van der Waals surface area contributed by atoms with Gasteiger partial charge < -0.3 is 8.39 Å².